The van der Waals surface area contributed by atoms with Crippen LogP contribution >= 0.6 is 0 Å². The lowest BCUT2D eigenvalue weighted by molar-refractivity contribution is -0.141. The summed E-state index contributed by atoms with van der Waals surface area (Å²) in [6.45, 7) is 0. The number of aliphatic carboxylic acids is 1. The fourth-order valence-corrected chi connectivity index (χ4v) is 3.61. The van der Waals surface area contributed by atoms with E-state index in [1.165, 1.54) is 5.01 Å². The second-order valence-corrected chi connectivity index (χ2v) is 7.07. The van der Waals surface area contributed by atoms with Crippen molar-refractivity contribution in [2.24, 2.45) is 5.10 Å². The van der Waals surface area contributed by atoms with Crippen molar-refractivity contribution >= 4 is 17.6 Å². The van der Waals surface area contributed by atoms with E-state index in [4.69, 9.17) is 24.1 Å². The Hall–Kier alpha value is -3.75. The van der Waals surface area contributed by atoms with E-state index in [1.54, 1.807) is 64.8 Å². The maximum Gasteiger partial charge on any atom is 0.303 e. The van der Waals surface area contributed by atoms with Crippen LogP contribution in [0, 0.1) is 0 Å². The number of methoxy groups -OCH3 is 4. The first-order valence-corrected chi connectivity index (χ1v) is 9.97. The van der Waals surface area contributed by atoms with E-state index in [-0.39, 0.29) is 12.8 Å². The Labute approximate surface area is 186 Å². The first-order chi connectivity index (χ1) is 15.4. The van der Waals surface area contributed by atoms with Gasteiger partial charge in [-0.25, -0.2) is 5.01 Å². The molecule has 0 unspecified atom stereocenters. The van der Waals surface area contributed by atoms with Gasteiger partial charge in [0, 0.05) is 24.0 Å². The fourth-order valence-electron chi connectivity index (χ4n) is 3.61. The van der Waals surface area contributed by atoms with Gasteiger partial charge in [-0.1, -0.05) is 0 Å². The van der Waals surface area contributed by atoms with E-state index in [0.717, 1.165) is 0 Å². The lowest BCUT2D eigenvalue weighted by Gasteiger charge is -2.24. The average molecular weight is 442 g/mol. The van der Waals surface area contributed by atoms with E-state index in [2.05, 4.69) is 5.10 Å². The minimum Gasteiger partial charge on any atom is -0.497 e. The summed E-state index contributed by atoms with van der Waals surface area (Å²) in [5.41, 5.74) is 2.00. The number of nitrogens with zero attached hydrogens (tertiary/aromatic N) is 2. The molecular formula is C23H26N2O7. The predicted octanol–water partition coefficient (Wildman–Crippen LogP) is 3.26. The van der Waals surface area contributed by atoms with Crippen molar-refractivity contribution in [2.45, 2.75) is 25.3 Å². The van der Waals surface area contributed by atoms with Crippen LogP contribution in [-0.4, -0.2) is 56.1 Å². The lowest BCUT2D eigenvalue weighted by Crippen LogP contribution is -2.27. The van der Waals surface area contributed by atoms with Gasteiger partial charge in [0.05, 0.1) is 46.6 Å². The summed E-state index contributed by atoms with van der Waals surface area (Å²) in [6.07, 6.45) is -0.0966. The Bertz CT molecular complexity index is 1040. The van der Waals surface area contributed by atoms with Crippen molar-refractivity contribution in [2.75, 3.05) is 28.4 Å². The first-order valence-electron chi connectivity index (χ1n) is 9.97. The third kappa shape index (κ3) is 4.77. The normalized spacial score (nSPS) is 15.2. The quantitative estimate of drug-likeness (QED) is 0.635. The number of carbonyl (C=O) groups is 2. The van der Waals surface area contributed by atoms with Crippen molar-refractivity contribution in [1.29, 1.82) is 0 Å². The number of hydrazone groups is 1. The molecule has 9 heteroatoms. The molecule has 9 nitrogen and oxygen atoms in total. The summed E-state index contributed by atoms with van der Waals surface area (Å²) < 4.78 is 21.7. The van der Waals surface area contributed by atoms with Gasteiger partial charge in [-0.15, -0.1) is 0 Å². The van der Waals surface area contributed by atoms with Crippen molar-refractivity contribution in [3.05, 3.63) is 47.5 Å². The molecule has 0 spiro atoms. The topological polar surface area (TPSA) is 107 Å². The Morgan fingerprint density at radius 2 is 1.56 bits per heavy atom. The van der Waals surface area contributed by atoms with E-state index in [0.29, 0.717) is 46.3 Å². The summed E-state index contributed by atoms with van der Waals surface area (Å²) in [6, 6.07) is 10.2. The van der Waals surface area contributed by atoms with Crippen LogP contribution in [0.25, 0.3) is 0 Å². The number of rotatable bonds is 9. The Morgan fingerprint density at radius 1 is 0.938 bits per heavy atom. The van der Waals surface area contributed by atoms with Crippen molar-refractivity contribution in [1.82, 2.24) is 5.01 Å². The number of hydrogen-bond acceptors (Lipinski definition) is 7. The van der Waals surface area contributed by atoms with Crippen LogP contribution in [0.15, 0.2) is 41.5 Å². The summed E-state index contributed by atoms with van der Waals surface area (Å²) >= 11 is 0. The number of benzene rings is 2. The van der Waals surface area contributed by atoms with Crippen LogP contribution in [0.1, 0.15) is 36.4 Å². The van der Waals surface area contributed by atoms with Gasteiger partial charge in [0.25, 0.3) is 0 Å². The van der Waals surface area contributed by atoms with E-state index in [9.17, 15) is 9.59 Å². The number of carbonyl (C=O) groups excluding carboxylic acids is 1. The van der Waals surface area contributed by atoms with Gasteiger partial charge in [-0.2, -0.15) is 5.10 Å². The number of hydrogen-bond donors (Lipinski definition) is 1. The molecule has 1 aliphatic rings. The van der Waals surface area contributed by atoms with E-state index >= 15 is 0 Å². The molecular weight excluding hydrogens is 416 g/mol. The molecule has 0 bridgehead atoms. The Kier molecular flexibility index (Phi) is 7.19. The lowest BCUT2D eigenvalue weighted by atomic mass is 9.96. The highest BCUT2D eigenvalue weighted by molar-refractivity contribution is 6.05. The predicted molar refractivity (Wildman–Crippen MR) is 117 cm³/mol. The van der Waals surface area contributed by atoms with Gasteiger partial charge in [-0.3, -0.25) is 9.59 Å². The largest absolute Gasteiger partial charge is 0.497 e. The van der Waals surface area contributed by atoms with Crippen LogP contribution < -0.4 is 18.9 Å². The number of carboxylic acid groups (broad SMARTS) is 1. The summed E-state index contributed by atoms with van der Waals surface area (Å²) in [4.78, 5) is 24.0. The number of carboxylic acids is 1. The second-order valence-electron chi connectivity index (χ2n) is 7.07. The summed E-state index contributed by atoms with van der Waals surface area (Å²) in [5.74, 6) is 0.924. The molecule has 3 rings (SSSR count). The van der Waals surface area contributed by atoms with Gasteiger partial charge < -0.3 is 24.1 Å². The molecule has 32 heavy (non-hydrogen) atoms. The van der Waals surface area contributed by atoms with Gasteiger partial charge >= 0.3 is 5.97 Å². The van der Waals surface area contributed by atoms with Crippen molar-refractivity contribution in [3.8, 4) is 23.0 Å². The molecule has 1 atom stereocenters. The standard InChI is InChI=1S/C23H26N2O7/c1-29-14-5-7-20(31-3)16(11-14)18-13-19(25(24-18)22(26)9-10-23(27)28)17-12-15(30-2)6-8-21(17)32-4/h5-8,11-12,19H,9-10,13H2,1-4H3,(H,27,28)/t19-/m0/s1. The highest BCUT2D eigenvalue weighted by atomic mass is 16.5. The van der Waals surface area contributed by atoms with Crippen LogP contribution in [0.2, 0.25) is 0 Å². The molecule has 1 amide bonds. The highest BCUT2D eigenvalue weighted by Gasteiger charge is 2.36. The third-order valence-corrected chi connectivity index (χ3v) is 5.23. The van der Waals surface area contributed by atoms with Crippen molar-refractivity contribution in [3.63, 3.8) is 0 Å². The molecule has 2 aromatic carbocycles. The highest BCUT2D eigenvalue weighted by Crippen LogP contribution is 2.41. The van der Waals surface area contributed by atoms with Crippen LogP contribution in [0.5, 0.6) is 23.0 Å². The average Bonchev–Trinajstić information content (AvgIpc) is 3.26. The fraction of sp³-hybridized carbons (Fsp3) is 0.348. The van der Waals surface area contributed by atoms with Gasteiger partial charge in [0.2, 0.25) is 5.91 Å². The maximum absolute atomic E-state index is 13.0. The second kappa shape index (κ2) is 10.0. The monoisotopic (exact) mass is 442 g/mol. The van der Waals surface area contributed by atoms with Crippen LogP contribution in [0.3, 0.4) is 0 Å². The molecule has 170 valence electrons. The van der Waals surface area contributed by atoms with Gasteiger partial charge in [0.1, 0.15) is 23.0 Å². The minimum atomic E-state index is -1.05. The summed E-state index contributed by atoms with van der Waals surface area (Å²) in [5, 5.41) is 14.9. The molecule has 0 fully saturated rings. The molecule has 0 aromatic heterocycles. The summed E-state index contributed by atoms with van der Waals surface area (Å²) in [7, 11) is 6.22. The number of ether oxygens (including phenoxy) is 4. The van der Waals surface area contributed by atoms with Gasteiger partial charge in [-0.05, 0) is 36.4 Å². The Balaban J connectivity index is 2.07. The van der Waals surface area contributed by atoms with Crippen LogP contribution in [-0.2, 0) is 9.59 Å². The van der Waals surface area contributed by atoms with Crippen molar-refractivity contribution < 1.29 is 33.6 Å². The zero-order valence-corrected chi connectivity index (χ0v) is 18.5. The SMILES string of the molecule is COc1ccc(OC)c(C2=NN(C(=O)CCC(=O)O)[C@H](c3cc(OC)ccc3OC)C2)c1. The third-order valence-electron chi connectivity index (χ3n) is 5.23. The zero-order valence-electron chi connectivity index (χ0n) is 18.5. The maximum atomic E-state index is 13.0. The molecule has 1 heterocycles. The van der Waals surface area contributed by atoms with Gasteiger partial charge in [0.15, 0.2) is 0 Å². The van der Waals surface area contributed by atoms with E-state index in [1.807, 2.05) is 0 Å². The van der Waals surface area contributed by atoms with E-state index < -0.39 is 17.9 Å². The first kappa shape index (κ1) is 22.9. The Morgan fingerprint density at radius 3 is 2.16 bits per heavy atom. The molecule has 1 aliphatic heterocycles. The molecule has 0 saturated heterocycles. The van der Waals surface area contributed by atoms with Crippen LogP contribution in [0.4, 0.5) is 0 Å². The molecule has 2 aromatic rings. The number of amides is 1. The minimum absolute atomic E-state index is 0.176. The molecule has 0 saturated carbocycles. The smallest absolute Gasteiger partial charge is 0.303 e. The zero-order chi connectivity index (χ0) is 23.3. The molecule has 0 radical (unpaired) electrons. The molecule has 1 N–H and O–H groups in total. The molecule has 0 aliphatic carbocycles.